The number of carbonyl (C=O) groups excluding carboxylic acids is 2. The summed E-state index contributed by atoms with van der Waals surface area (Å²) in [6, 6.07) is 5.54. The van der Waals surface area contributed by atoms with E-state index in [1.54, 1.807) is 17.8 Å². The first-order chi connectivity index (χ1) is 6.22. The first-order valence-electron chi connectivity index (χ1n) is 3.97. The van der Waals surface area contributed by atoms with E-state index in [-0.39, 0.29) is 18.0 Å². The molecule has 1 aromatic rings. The van der Waals surface area contributed by atoms with Gasteiger partial charge in [-0.1, -0.05) is 0 Å². The zero-order valence-corrected chi connectivity index (χ0v) is 7.98. The van der Waals surface area contributed by atoms with E-state index in [2.05, 4.69) is 0 Å². The van der Waals surface area contributed by atoms with Gasteiger partial charge in [0.25, 0.3) is 0 Å². The van der Waals surface area contributed by atoms with E-state index < -0.39 is 0 Å². The molecule has 0 spiro atoms. The van der Waals surface area contributed by atoms with E-state index in [4.69, 9.17) is 0 Å². The van der Waals surface area contributed by atoms with Gasteiger partial charge in [0.05, 0.1) is 0 Å². The van der Waals surface area contributed by atoms with Gasteiger partial charge in [0, 0.05) is 16.9 Å². The Morgan fingerprint density at radius 2 is 2.08 bits per heavy atom. The Bertz CT molecular complexity index is 396. The molecule has 3 heteroatoms. The highest BCUT2D eigenvalue weighted by Crippen LogP contribution is 2.24. The summed E-state index contributed by atoms with van der Waals surface area (Å²) in [4.78, 5) is 23.4. The van der Waals surface area contributed by atoms with Crippen LogP contribution in [0.15, 0.2) is 23.1 Å². The maximum atomic E-state index is 11.2. The van der Waals surface area contributed by atoms with E-state index in [0.717, 1.165) is 10.5 Å². The number of Topliss-reactive ketones (excluding diaryl/α,β-unsaturated/α-hetero) is 2. The molecule has 1 aliphatic carbocycles. The second-order valence-electron chi connectivity index (χ2n) is 2.95. The molecule has 13 heavy (non-hydrogen) atoms. The summed E-state index contributed by atoms with van der Waals surface area (Å²) in [6.45, 7) is 0. The van der Waals surface area contributed by atoms with Crippen LogP contribution < -0.4 is 0 Å². The van der Waals surface area contributed by atoms with Crippen molar-refractivity contribution >= 4 is 23.3 Å². The van der Waals surface area contributed by atoms with Gasteiger partial charge in [-0.25, -0.2) is 0 Å². The summed E-state index contributed by atoms with van der Waals surface area (Å²) in [5.41, 5.74) is 1.46. The van der Waals surface area contributed by atoms with Crippen LogP contribution in [0.3, 0.4) is 0 Å². The number of benzene rings is 1. The minimum absolute atomic E-state index is 0.280. The second kappa shape index (κ2) is 3.00. The van der Waals surface area contributed by atoms with Crippen LogP contribution in [0.4, 0.5) is 0 Å². The van der Waals surface area contributed by atoms with Gasteiger partial charge in [-0.15, -0.1) is 11.8 Å². The highest BCUT2D eigenvalue weighted by Gasteiger charge is 2.27. The second-order valence-corrected chi connectivity index (χ2v) is 3.83. The Morgan fingerprint density at radius 1 is 1.31 bits per heavy atom. The van der Waals surface area contributed by atoms with Gasteiger partial charge in [-0.3, -0.25) is 9.59 Å². The summed E-state index contributed by atoms with van der Waals surface area (Å²) < 4.78 is 0. The van der Waals surface area contributed by atoms with Crippen molar-refractivity contribution in [3.8, 4) is 0 Å². The lowest BCUT2D eigenvalue weighted by atomic mass is 10.1. The Hall–Kier alpha value is -1.09. The van der Waals surface area contributed by atoms with Crippen LogP contribution in [-0.4, -0.2) is 17.8 Å². The largest absolute Gasteiger partial charge is 0.290 e. The topological polar surface area (TPSA) is 34.1 Å². The number of thioether (sulfide) groups is 1. The lowest BCUT2D eigenvalue weighted by Gasteiger charge is -1.98. The molecule has 0 amide bonds. The van der Waals surface area contributed by atoms with Crippen molar-refractivity contribution in [2.24, 2.45) is 0 Å². The monoisotopic (exact) mass is 192 g/mol. The molecule has 0 N–H and O–H groups in total. The third-order valence-corrected chi connectivity index (χ3v) is 2.89. The molecule has 66 valence electrons. The van der Waals surface area contributed by atoms with Gasteiger partial charge in [-0.2, -0.15) is 0 Å². The number of ketones is 2. The number of fused-ring (bicyclic) bond motifs is 1. The van der Waals surface area contributed by atoms with Gasteiger partial charge in [-0.05, 0) is 30.0 Å². The molecule has 0 radical (unpaired) electrons. The molecule has 2 rings (SSSR count). The van der Waals surface area contributed by atoms with Crippen LogP contribution in [0.2, 0.25) is 0 Å². The molecular formula is C10H8O2S. The van der Waals surface area contributed by atoms with E-state index in [9.17, 15) is 9.59 Å². The van der Waals surface area contributed by atoms with Gasteiger partial charge >= 0.3 is 0 Å². The van der Waals surface area contributed by atoms with E-state index >= 15 is 0 Å². The standard InChI is InChI=1S/C10H8O2S/c1-13-7-2-3-8-6(4-7)5-9(11)10(8)12/h2-4H,5H2,1H3. The molecule has 0 atom stereocenters. The third-order valence-electron chi connectivity index (χ3n) is 2.16. The van der Waals surface area contributed by atoms with Crippen molar-refractivity contribution in [2.75, 3.05) is 6.26 Å². The Labute approximate surface area is 80.3 Å². The number of rotatable bonds is 1. The molecule has 0 fully saturated rings. The molecule has 2 nitrogen and oxygen atoms in total. The molecule has 0 aliphatic heterocycles. The van der Waals surface area contributed by atoms with E-state index in [0.29, 0.717) is 5.56 Å². The molecule has 0 heterocycles. The maximum Gasteiger partial charge on any atom is 0.229 e. The van der Waals surface area contributed by atoms with Crippen molar-refractivity contribution < 1.29 is 9.59 Å². The molecule has 0 bridgehead atoms. The summed E-state index contributed by atoms with van der Waals surface area (Å²) in [5, 5.41) is 0. The fourth-order valence-electron chi connectivity index (χ4n) is 1.47. The lowest BCUT2D eigenvalue weighted by Crippen LogP contribution is -2.05. The maximum absolute atomic E-state index is 11.2. The zero-order valence-electron chi connectivity index (χ0n) is 7.16. The summed E-state index contributed by atoms with van der Waals surface area (Å²) in [6.07, 6.45) is 2.25. The summed E-state index contributed by atoms with van der Waals surface area (Å²) in [5.74, 6) is -0.615. The van der Waals surface area contributed by atoms with Gasteiger partial charge in [0.1, 0.15) is 0 Å². The van der Waals surface area contributed by atoms with Crippen molar-refractivity contribution in [1.29, 1.82) is 0 Å². The van der Waals surface area contributed by atoms with Gasteiger partial charge in [0.15, 0.2) is 0 Å². The van der Waals surface area contributed by atoms with Crippen molar-refractivity contribution in [2.45, 2.75) is 11.3 Å². The normalized spacial score (nSPS) is 14.8. The highest BCUT2D eigenvalue weighted by molar-refractivity contribution is 7.98. The summed E-state index contributed by atoms with van der Waals surface area (Å²) in [7, 11) is 0. The Kier molecular flexibility index (Phi) is 1.96. The fourth-order valence-corrected chi connectivity index (χ4v) is 1.93. The van der Waals surface area contributed by atoms with E-state index in [1.165, 1.54) is 0 Å². The molecule has 0 aromatic heterocycles. The average Bonchev–Trinajstić information content (AvgIpc) is 2.42. The Morgan fingerprint density at radius 3 is 2.77 bits per heavy atom. The minimum Gasteiger partial charge on any atom is -0.290 e. The lowest BCUT2D eigenvalue weighted by molar-refractivity contribution is -0.114. The first-order valence-corrected chi connectivity index (χ1v) is 5.19. The average molecular weight is 192 g/mol. The van der Waals surface area contributed by atoms with Gasteiger partial charge in [0.2, 0.25) is 11.6 Å². The van der Waals surface area contributed by atoms with Gasteiger partial charge < -0.3 is 0 Å². The number of carbonyl (C=O) groups is 2. The molecule has 1 aliphatic rings. The quantitative estimate of drug-likeness (QED) is 0.502. The minimum atomic E-state index is -0.331. The number of hydrogen-bond donors (Lipinski definition) is 0. The van der Waals surface area contributed by atoms with Crippen LogP contribution in [0.1, 0.15) is 15.9 Å². The van der Waals surface area contributed by atoms with Crippen molar-refractivity contribution in [3.63, 3.8) is 0 Å². The SMILES string of the molecule is CSc1ccc2c(c1)CC(=O)C2=O. The zero-order chi connectivity index (χ0) is 9.42. The third kappa shape index (κ3) is 1.29. The van der Waals surface area contributed by atoms with Crippen LogP contribution >= 0.6 is 11.8 Å². The van der Waals surface area contributed by atoms with Crippen LogP contribution in [0, 0.1) is 0 Å². The van der Waals surface area contributed by atoms with Crippen LogP contribution in [0.5, 0.6) is 0 Å². The summed E-state index contributed by atoms with van der Waals surface area (Å²) >= 11 is 1.61. The van der Waals surface area contributed by atoms with Crippen LogP contribution in [-0.2, 0) is 11.2 Å². The van der Waals surface area contributed by atoms with Crippen molar-refractivity contribution in [1.82, 2.24) is 0 Å². The Balaban J connectivity index is 2.52. The fraction of sp³-hybridized carbons (Fsp3) is 0.200. The predicted octanol–water partition coefficient (Wildman–Crippen LogP) is 1.72. The molecule has 1 aromatic carbocycles. The van der Waals surface area contributed by atoms with Crippen molar-refractivity contribution in [3.05, 3.63) is 29.3 Å². The molecular weight excluding hydrogens is 184 g/mol. The molecule has 0 saturated heterocycles. The molecule has 0 unspecified atom stereocenters. The first kappa shape index (κ1) is 8.51. The smallest absolute Gasteiger partial charge is 0.229 e. The number of hydrogen-bond acceptors (Lipinski definition) is 3. The molecule has 0 saturated carbocycles. The van der Waals surface area contributed by atoms with E-state index in [1.807, 2.05) is 18.4 Å². The van der Waals surface area contributed by atoms with Crippen LogP contribution in [0.25, 0.3) is 0 Å². The highest BCUT2D eigenvalue weighted by atomic mass is 32.2. The predicted molar refractivity (Wildman–Crippen MR) is 51.3 cm³/mol.